The zero-order chi connectivity index (χ0) is 14.7. The van der Waals surface area contributed by atoms with E-state index in [4.69, 9.17) is 11.6 Å². The summed E-state index contributed by atoms with van der Waals surface area (Å²) in [6, 6.07) is 0.391. The first-order valence-corrected chi connectivity index (χ1v) is 7.33. The van der Waals surface area contributed by atoms with Gasteiger partial charge >= 0.3 is 0 Å². The van der Waals surface area contributed by atoms with E-state index in [9.17, 15) is 0 Å². The standard InChI is InChI=1S/C14H22ClN5/c1-5-19(9-13-14(15)11(4)17-18-13)7-12-6-16-20(8-12)10(2)3/h6,8,10H,5,7,9H2,1-4H3,(H,17,18). The van der Waals surface area contributed by atoms with Gasteiger partial charge in [0, 0.05) is 30.9 Å². The lowest BCUT2D eigenvalue weighted by atomic mass is 10.3. The van der Waals surface area contributed by atoms with Crippen molar-refractivity contribution in [1.82, 2.24) is 24.9 Å². The van der Waals surface area contributed by atoms with E-state index in [1.807, 2.05) is 17.8 Å². The summed E-state index contributed by atoms with van der Waals surface area (Å²) >= 11 is 6.22. The number of halogens is 1. The molecule has 0 aliphatic carbocycles. The van der Waals surface area contributed by atoms with E-state index in [-0.39, 0.29) is 0 Å². The van der Waals surface area contributed by atoms with Gasteiger partial charge in [-0.15, -0.1) is 0 Å². The molecule has 2 heterocycles. The van der Waals surface area contributed by atoms with E-state index in [2.05, 4.69) is 47.2 Å². The molecular weight excluding hydrogens is 274 g/mol. The second kappa shape index (κ2) is 6.41. The molecule has 0 aromatic carbocycles. The number of H-pyrrole nitrogens is 1. The van der Waals surface area contributed by atoms with Crippen LogP contribution in [-0.2, 0) is 13.1 Å². The molecule has 0 bridgehead atoms. The summed E-state index contributed by atoms with van der Waals surface area (Å²) in [4.78, 5) is 2.29. The average Bonchev–Trinajstić information content (AvgIpc) is 3.00. The van der Waals surface area contributed by atoms with Crippen LogP contribution in [0.4, 0.5) is 0 Å². The Kier molecular flexibility index (Phi) is 4.83. The van der Waals surface area contributed by atoms with Gasteiger partial charge in [-0.2, -0.15) is 10.2 Å². The Balaban J connectivity index is 2.03. The summed E-state index contributed by atoms with van der Waals surface area (Å²) < 4.78 is 1.98. The lowest BCUT2D eigenvalue weighted by Gasteiger charge is -2.18. The molecule has 0 unspecified atom stereocenters. The number of aromatic amines is 1. The fourth-order valence-corrected chi connectivity index (χ4v) is 2.21. The highest BCUT2D eigenvalue weighted by Gasteiger charge is 2.13. The molecule has 0 spiro atoms. The third kappa shape index (κ3) is 3.41. The minimum Gasteiger partial charge on any atom is -0.293 e. The van der Waals surface area contributed by atoms with Gasteiger partial charge in [-0.3, -0.25) is 14.7 Å². The number of aromatic nitrogens is 4. The van der Waals surface area contributed by atoms with Gasteiger partial charge in [0.1, 0.15) is 0 Å². The van der Waals surface area contributed by atoms with Gasteiger partial charge in [0.05, 0.1) is 22.6 Å². The Labute approximate surface area is 124 Å². The first kappa shape index (κ1) is 15.1. The minimum absolute atomic E-state index is 0.391. The molecule has 0 atom stereocenters. The van der Waals surface area contributed by atoms with Gasteiger partial charge in [0.2, 0.25) is 0 Å². The highest BCUT2D eigenvalue weighted by Crippen LogP contribution is 2.19. The summed E-state index contributed by atoms with van der Waals surface area (Å²) in [6.07, 6.45) is 4.03. The predicted octanol–water partition coefficient (Wildman–Crippen LogP) is 3.17. The van der Waals surface area contributed by atoms with Crippen LogP contribution in [0.25, 0.3) is 0 Å². The first-order valence-electron chi connectivity index (χ1n) is 6.96. The minimum atomic E-state index is 0.391. The molecular formula is C14H22ClN5. The monoisotopic (exact) mass is 295 g/mol. The van der Waals surface area contributed by atoms with Crippen molar-refractivity contribution in [3.05, 3.63) is 34.4 Å². The number of nitrogens with one attached hydrogen (secondary N) is 1. The van der Waals surface area contributed by atoms with Gasteiger partial charge in [-0.05, 0) is 27.3 Å². The van der Waals surface area contributed by atoms with Crippen LogP contribution in [0.2, 0.25) is 5.02 Å². The summed E-state index contributed by atoms with van der Waals surface area (Å²) in [5, 5.41) is 12.3. The quantitative estimate of drug-likeness (QED) is 0.890. The molecule has 0 aliphatic rings. The van der Waals surface area contributed by atoms with E-state index in [1.165, 1.54) is 5.56 Å². The predicted molar refractivity (Wildman–Crippen MR) is 80.7 cm³/mol. The second-order valence-electron chi connectivity index (χ2n) is 5.33. The number of aryl methyl sites for hydroxylation is 1. The fourth-order valence-electron chi connectivity index (χ4n) is 2.06. The van der Waals surface area contributed by atoms with Gasteiger partial charge in [-0.1, -0.05) is 18.5 Å². The average molecular weight is 296 g/mol. The summed E-state index contributed by atoms with van der Waals surface area (Å²) in [7, 11) is 0. The smallest absolute Gasteiger partial charge is 0.0951 e. The van der Waals surface area contributed by atoms with Gasteiger partial charge in [-0.25, -0.2) is 0 Å². The number of hydrogen-bond acceptors (Lipinski definition) is 3. The fraction of sp³-hybridized carbons (Fsp3) is 0.571. The zero-order valence-electron chi connectivity index (χ0n) is 12.5. The Hall–Kier alpha value is -1.33. The van der Waals surface area contributed by atoms with Crippen LogP contribution in [0.3, 0.4) is 0 Å². The lowest BCUT2D eigenvalue weighted by molar-refractivity contribution is 0.268. The first-order chi connectivity index (χ1) is 9.51. The van der Waals surface area contributed by atoms with Crippen molar-refractivity contribution in [1.29, 1.82) is 0 Å². The Morgan fingerprint density at radius 1 is 1.40 bits per heavy atom. The molecule has 2 aromatic heterocycles. The van der Waals surface area contributed by atoms with Crippen LogP contribution >= 0.6 is 11.6 Å². The topological polar surface area (TPSA) is 49.7 Å². The SMILES string of the molecule is CCN(Cc1cnn(C(C)C)c1)Cc1n[nH]c(C)c1Cl. The maximum absolute atomic E-state index is 6.22. The zero-order valence-corrected chi connectivity index (χ0v) is 13.3. The van der Waals surface area contributed by atoms with Gasteiger partial charge in [0.25, 0.3) is 0 Å². The van der Waals surface area contributed by atoms with E-state index < -0.39 is 0 Å². The number of hydrogen-bond donors (Lipinski definition) is 1. The van der Waals surface area contributed by atoms with E-state index >= 15 is 0 Å². The van der Waals surface area contributed by atoms with Gasteiger partial charge in [0.15, 0.2) is 0 Å². The Morgan fingerprint density at radius 2 is 2.15 bits per heavy atom. The molecule has 110 valence electrons. The largest absolute Gasteiger partial charge is 0.293 e. The van der Waals surface area contributed by atoms with Crippen LogP contribution in [0, 0.1) is 6.92 Å². The molecule has 0 aliphatic heterocycles. The van der Waals surface area contributed by atoms with E-state index in [1.54, 1.807) is 0 Å². The Bertz CT molecular complexity index is 558. The number of rotatable bonds is 6. The molecule has 0 radical (unpaired) electrons. The molecule has 6 heteroatoms. The van der Waals surface area contributed by atoms with Crippen LogP contribution in [0.5, 0.6) is 0 Å². The maximum Gasteiger partial charge on any atom is 0.0951 e. The van der Waals surface area contributed by atoms with Crippen molar-refractivity contribution in [3.63, 3.8) is 0 Å². The van der Waals surface area contributed by atoms with E-state index in [0.717, 1.165) is 36.0 Å². The summed E-state index contributed by atoms with van der Waals surface area (Å²) in [5.74, 6) is 0. The second-order valence-corrected chi connectivity index (χ2v) is 5.71. The highest BCUT2D eigenvalue weighted by atomic mass is 35.5. The van der Waals surface area contributed by atoms with Crippen molar-refractivity contribution >= 4 is 11.6 Å². The maximum atomic E-state index is 6.22. The van der Waals surface area contributed by atoms with Crippen molar-refractivity contribution < 1.29 is 0 Å². The molecule has 1 N–H and O–H groups in total. The summed E-state index contributed by atoms with van der Waals surface area (Å²) in [6.45, 7) is 10.9. The molecule has 0 saturated carbocycles. The third-order valence-electron chi connectivity index (χ3n) is 3.35. The number of nitrogens with zero attached hydrogens (tertiary/aromatic N) is 4. The molecule has 0 fully saturated rings. The molecule has 2 rings (SSSR count). The van der Waals surface area contributed by atoms with Crippen molar-refractivity contribution in [2.75, 3.05) is 6.54 Å². The molecule has 0 saturated heterocycles. The molecule has 5 nitrogen and oxygen atoms in total. The molecule has 0 amide bonds. The van der Waals surface area contributed by atoms with Crippen LogP contribution < -0.4 is 0 Å². The van der Waals surface area contributed by atoms with Crippen molar-refractivity contribution in [2.45, 2.75) is 46.8 Å². The lowest BCUT2D eigenvalue weighted by Crippen LogP contribution is -2.22. The highest BCUT2D eigenvalue weighted by molar-refractivity contribution is 6.31. The van der Waals surface area contributed by atoms with Crippen molar-refractivity contribution in [3.8, 4) is 0 Å². The van der Waals surface area contributed by atoms with Gasteiger partial charge < -0.3 is 0 Å². The van der Waals surface area contributed by atoms with E-state index in [0.29, 0.717) is 6.04 Å². The molecule has 20 heavy (non-hydrogen) atoms. The van der Waals surface area contributed by atoms with Crippen LogP contribution in [-0.4, -0.2) is 31.4 Å². The molecule has 2 aromatic rings. The van der Waals surface area contributed by atoms with Crippen LogP contribution in [0.1, 0.15) is 43.8 Å². The normalized spacial score (nSPS) is 11.8. The summed E-state index contributed by atoms with van der Waals surface area (Å²) in [5.41, 5.74) is 3.04. The van der Waals surface area contributed by atoms with Crippen molar-refractivity contribution in [2.24, 2.45) is 0 Å². The Morgan fingerprint density at radius 3 is 2.65 bits per heavy atom. The third-order valence-corrected chi connectivity index (χ3v) is 3.85. The van der Waals surface area contributed by atoms with Crippen LogP contribution in [0.15, 0.2) is 12.4 Å².